The fourth-order valence-electron chi connectivity index (χ4n) is 5.45. The van der Waals surface area contributed by atoms with E-state index in [1.54, 1.807) is 0 Å². The maximum atomic E-state index is 12.7. The zero-order valence-corrected chi connectivity index (χ0v) is 18.6. The average Bonchev–Trinajstić information content (AvgIpc) is 3.33. The molecule has 30 heavy (non-hydrogen) atoms. The number of fused-ring (bicyclic) bond motifs is 1. The van der Waals surface area contributed by atoms with E-state index in [2.05, 4.69) is 40.8 Å². The molecule has 2 saturated carbocycles. The normalized spacial score (nSPS) is 21.3. The third-order valence-electron chi connectivity index (χ3n) is 7.86. The lowest BCUT2D eigenvalue weighted by atomic mass is 9.85. The van der Waals surface area contributed by atoms with E-state index in [1.807, 2.05) is 0 Å². The topological polar surface area (TPSA) is 50.2 Å². The van der Waals surface area contributed by atoms with Gasteiger partial charge in [0, 0.05) is 31.6 Å². The molecule has 1 saturated heterocycles. The Hall–Kier alpha value is -2.04. The SMILES string of the molecule is Cc1cc2nc(N3CCC(C(=O)NC4CCCC4)CC3)n(CC3CCC3)c2cc1C. The Morgan fingerprint density at radius 1 is 1.00 bits per heavy atom. The molecule has 3 aliphatic rings. The number of rotatable bonds is 5. The van der Waals surface area contributed by atoms with Crippen molar-refractivity contribution in [3.8, 4) is 0 Å². The highest BCUT2D eigenvalue weighted by atomic mass is 16.1. The van der Waals surface area contributed by atoms with Crippen molar-refractivity contribution in [3.05, 3.63) is 23.3 Å². The molecule has 0 unspecified atom stereocenters. The minimum Gasteiger partial charge on any atom is -0.353 e. The summed E-state index contributed by atoms with van der Waals surface area (Å²) in [5, 5.41) is 3.31. The number of hydrogen-bond donors (Lipinski definition) is 1. The third kappa shape index (κ3) is 3.83. The van der Waals surface area contributed by atoms with E-state index in [9.17, 15) is 4.79 Å². The van der Waals surface area contributed by atoms with E-state index in [4.69, 9.17) is 4.98 Å². The van der Waals surface area contributed by atoms with E-state index in [0.29, 0.717) is 6.04 Å². The monoisotopic (exact) mass is 408 g/mol. The maximum Gasteiger partial charge on any atom is 0.223 e. The molecule has 5 heteroatoms. The first-order valence-corrected chi connectivity index (χ1v) is 12.1. The minimum absolute atomic E-state index is 0.163. The van der Waals surface area contributed by atoms with Gasteiger partial charge in [-0.1, -0.05) is 19.3 Å². The number of anilines is 1. The highest BCUT2D eigenvalue weighted by Gasteiger charge is 2.30. The Bertz CT molecular complexity index is 915. The van der Waals surface area contributed by atoms with Crippen LogP contribution in [0.25, 0.3) is 11.0 Å². The Kier molecular flexibility index (Phi) is 5.46. The summed E-state index contributed by atoms with van der Waals surface area (Å²) in [5.41, 5.74) is 5.05. The van der Waals surface area contributed by atoms with E-state index in [-0.39, 0.29) is 11.8 Å². The number of piperidine rings is 1. The number of hydrogen-bond acceptors (Lipinski definition) is 3. The van der Waals surface area contributed by atoms with Gasteiger partial charge in [-0.2, -0.15) is 0 Å². The van der Waals surface area contributed by atoms with Crippen LogP contribution in [0.2, 0.25) is 0 Å². The smallest absolute Gasteiger partial charge is 0.223 e. The summed E-state index contributed by atoms with van der Waals surface area (Å²) in [5.74, 6) is 2.36. The molecule has 1 aliphatic heterocycles. The molecule has 2 aliphatic carbocycles. The molecule has 3 fully saturated rings. The predicted molar refractivity (Wildman–Crippen MR) is 122 cm³/mol. The van der Waals surface area contributed by atoms with Crippen molar-refractivity contribution in [1.29, 1.82) is 0 Å². The number of imidazole rings is 1. The lowest BCUT2D eigenvalue weighted by molar-refractivity contribution is -0.126. The largest absolute Gasteiger partial charge is 0.353 e. The number of benzene rings is 1. The molecule has 1 aromatic carbocycles. The van der Waals surface area contributed by atoms with Crippen molar-refractivity contribution < 1.29 is 4.79 Å². The van der Waals surface area contributed by atoms with E-state index in [1.165, 1.54) is 48.7 Å². The highest BCUT2D eigenvalue weighted by Crippen LogP contribution is 2.34. The molecule has 1 aromatic heterocycles. The van der Waals surface area contributed by atoms with Crippen molar-refractivity contribution in [1.82, 2.24) is 14.9 Å². The Morgan fingerprint density at radius 3 is 2.37 bits per heavy atom. The number of carbonyl (C=O) groups excluding carboxylic acids is 1. The molecule has 0 bridgehead atoms. The molecule has 5 nitrogen and oxygen atoms in total. The van der Waals surface area contributed by atoms with Gasteiger partial charge < -0.3 is 14.8 Å². The van der Waals surface area contributed by atoms with Crippen molar-refractivity contribution in [2.24, 2.45) is 11.8 Å². The van der Waals surface area contributed by atoms with Crippen LogP contribution in [0.1, 0.15) is 68.9 Å². The van der Waals surface area contributed by atoms with Crippen LogP contribution in [0.3, 0.4) is 0 Å². The second-order valence-electron chi connectivity index (χ2n) is 10.00. The summed E-state index contributed by atoms with van der Waals surface area (Å²) < 4.78 is 2.48. The van der Waals surface area contributed by atoms with Gasteiger partial charge in [0.05, 0.1) is 11.0 Å². The van der Waals surface area contributed by atoms with Gasteiger partial charge in [-0.05, 0) is 81.5 Å². The molecule has 2 heterocycles. The van der Waals surface area contributed by atoms with Gasteiger partial charge in [-0.15, -0.1) is 0 Å². The van der Waals surface area contributed by atoms with Crippen LogP contribution in [0.4, 0.5) is 5.95 Å². The molecule has 1 amide bonds. The van der Waals surface area contributed by atoms with Gasteiger partial charge in [0.25, 0.3) is 0 Å². The van der Waals surface area contributed by atoms with Crippen molar-refractivity contribution in [3.63, 3.8) is 0 Å². The number of nitrogens with one attached hydrogen (secondary N) is 1. The van der Waals surface area contributed by atoms with Crippen molar-refractivity contribution in [2.75, 3.05) is 18.0 Å². The Balaban J connectivity index is 1.33. The quantitative estimate of drug-likeness (QED) is 0.778. The zero-order chi connectivity index (χ0) is 20.7. The molecule has 0 spiro atoms. The lowest BCUT2D eigenvalue weighted by Crippen LogP contribution is -2.44. The van der Waals surface area contributed by atoms with Crippen LogP contribution < -0.4 is 10.2 Å². The average molecular weight is 409 g/mol. The highest BCUT2D eigenvalue weighted by molar-refractivity contribution is 5.81. The van der Waals surface area contributed by atoms with Crippen LogP contribution in [0.5, 0.6) is 0 Å². The summed E-state index contributed by atoms with van der Waals surface area (Å²) >= 11 is 0. The summed E-state index contributed by atoms with van der Waals surface area (Å²) in [6.45, 7) is 7.30. The fourth-order valence-corrected chi connectivity index (χ4v) is 5.45. The van der Waals surface area contributed by atoms with Gasteiger partial charge in [-0.25, -0.2) is 4.98 Å². The molecule has 0 radical (unpaired) electrons. The molecule has 0 atom stereocenters. The molecule has 1 N–H and O–H groups in total. The molecule has 2 aromatic rings. The number of amides is 1. The predicted octanol–water partition coefficient (Wildman–Crippen LogP) is 4.73. The minimum atomic E-state index is 0.163. The molecule has 5 rings (SSSR count). The first-order chi connectivity index (χ1) is 14.6. The first kappa shape index (κ1) is 19.9. The second kappa shape index (κ2) is 8.24. The van der Waals surface area contributed by atoms with Gasteiger partial charge in [0.1, 0.15) is 0 Å². The van der Waals surface area contributed by atoms with Gasteiger partial charge in [0.15, 0.2) is 0 Å². The van der Waals surface area contributed by atoms with Crippen molar-refractivity contribution >= 4 is 22.9 Å². The van der Waals surface area contributed by atoms with E-state index in [0.717, 1.165) is 62.7 Å². The first-order valence-electron chi connectivity index (χ1n) is 12.1. The van der Waals surface area contributed by atoms with Crippen LogP contribution in [0, 0.1) is 25.7 Å². The summed E-state index contributed by atoms with van der Waals surface area (Å²) in [7, 11) is 0. The zero-order valence-electron chi connectivity index (χ0n) is 18.6. The Labute approximate surface area is 180 Å². The molecular weight excluding hydrogens is 372 g/mol. The summed E-state index contributed by atoms with van der Waals surface area (Å²) in [4.78, 5) is 20.2. The lowest BCUT2D eigenvalue weighted by Gasteiger charge is -2.34. The standard InChI is InChI=1S/C25H36N4O/c1-17-14-22-23(15-18(17)2)29(16-19-6-5-7-19)25(27-22)28-12-10-20(11-13-28)24(30)26-21-8-3-4-9-21/h14-15,19-21H,3-13,16H2,1-2H3,(H,26,30). The summed E-state index contributed by atoms with van der Waals surface area (Å²) in [6, 6.07) is 4.99. The number of aromatic nitrogens is 2. The van der Waals surface area contributed by atoms with Crippen LogP contribution in [-0.4, -0.2) is 34.6 Å². The number of carbonyl (C=O) groups is 1. The number of aryl methyl sites for hydroxylation is 2. The third-order valence-corrected chi connectivity index (χ3v) is 7.86. The molecular formula is C25H36N4O. The van der Waals surface area contributed by atoms with Gasteiger partial charge in [-0.3, -0.25) is 4.79 Å². The van der Waals surface area contributed by atoms with E-state index >= 15 is 0 Å². The second-order valence-corrected chi connectivity index (χ2v) is 10.00. The van der Waals surface area contributed by atoms with Crippen LogP contribution in [-0.2, 0) is 11.3 Å². The van der Waals surface area contributed by atoms with E-state index < -0.39 is 0 Å². The molecule has 162 valence electrons. The summed E-state index contributed by atoms with van der Waals surface area (Å²) in [6.07, 6.45) is 10.8. The van der Waals surface area contributed by atoms with Gasteiger partial charge >= 0.3 is 0 Å². The maximum absolute atomic E-state index is 12.7. The van der Waals surface area contributed by atoms with Crippen LogP contribution >= 0.6 is 0 Å². The fraction of sp³-hybridized carbons (Fsp3) is 0.680. The number of nitrogens with zero attached hydrogens (tertiary/aromatic N) is 3. The van der Waals surface area contributed by atoms with Gasteiger partial charge in [0.2, 0.25) is 11.9 Å². The Morgan fingerprint density at radius 2 is 1.70 bits per heavy atom. The van der Waals surface area contributed by atoms with Crippen molar-refractivity contribution in [2.45, 2.75) is 84.2 Å². The van der Waals surface area contributed by atoms with Crippen LogP contribution in [0.15, 0.2) is 12.1 Å².